The van der Waals surface area contributed by atoms with Crippen LogP contribution >= 0.6 is 27.7 Å². The maximum Gasteiger partial charge on any atom is 0.300 e. The molecule has 1 aromatic heterocycles. The first-order valence-electron chi connectivity index (χ1n) is 7.04. The monoisotopic (exact) mass is 387 g/mol. The Labute approximate surface area is 147 Å². The van der Waals surface area contributed by atoms with Crippen molar-refractivity contribution in [2.24, 2.45) is 5.73 Å². The number of hydrogen-bond acceptors (Lipinski definition) is 2. The quantitative estimate of drug-likeness (QED) is 0.533. The predicted molar refractivity (Wildman–Crippen MR) is 99.1 cm³/mol. The van der Waals surface area contributed by atoms with Gasteiger partial charge in [-0.05, 0) is 36.0 Å². The molecular weight excluding hydrogens is 372 g/mol. The molecule has 0 saturated carbocycles. The minimum Gasteiger partial charge on any atom is -0.282 e. The van der Waals surface area contributed by atoms with E-state index in [1.54, 1.807) is 0 Å². The van der Waals surface area contributed by atoms with Crippen molar-refractivity contribution in [3.63, 3.8) is 0 Å². The van der Waals surface area contributed by atoms with Gasteiger partial charge in [0.05, 0.1) is 11.4 Å². The molecule has 0 unspecified atom stereocenters. The molecule has 0 spiro atoms. The average Bonchev–Trinajstić information content (AvgIpc) is 2.98. The van der Waals surface area contributed by atoms with E-state index >= 15 is 0 Å². The third-order valence-electron chi connectivity index (χ3n) is 3.30. The first-order chi connectivity index (χ1) is 11.1. The van der Waals surface area contributed by atoms with Gasteiger partial charge >= 0.3 is 0 Å². The lowest BCUT2D eigenvalue weighted by Crippen LogP contribution is -2.43. The van der Waals surface area contributed by atoms with Crippen LogP contribution < -0.4 is 11.1 Å². The molecule has 2 aromatic carbocycles. The first kappa shape index (κ1) is 15.8. The third-order valence-corrected chi connectivity index (χ3v) is 4.59. The van der Waals surface area contributed by atoms with E-state index in [9.17, 15) is 0 Å². The van der Waals surface area contributed by atoms with Crippen LogP contribution in [0.4, 0.5) is 0 Å². The molecule has 0 aliphatic heterocycles. The fourth-order valence-electron chi connectivity index (χ4n) is 2.27. The van der Waals surface area contributed by atoms with Crippen molar-refractivity contribution < 1.29 is 5.41 Å². The molecule has 0 saturated heterocycles. The van der Waals surface area contributed by atoms with Crippen LogP contribution in [0.5, 0.6) is 0 Å². The number of thioether (sulfide) groups is 1. The summed E-state index contributed by atoms with van der Waals surface area (Å²) in [4.78, 5) is 0. The lowest BCUT2D eigenvalue weighted by molar-refractivity contribution is -0.110. The second-order valence-corrected chi connectivity index (χ2v) is 6.95. The summed E-state index contributed by atoms with van der Waals surface area (Å²) >= 11 is 4.93. The zero-order chi connectivity index (χ0) is 16.2. The van der Waals surface area contributed by atoms with Gasteiger partial charge in [-0.1, -0.05) is 46.3 Å². The topological polar surface area (TPSA) is 69.4 Å². The summed E-state index contributed by atoms with van der Waals surface area (Å²) in [5.41, 5.74) is 9.69. The highest BCUT2D eigenvalue weighted by Gasteiger charge is 2.14. The normalized spacial score (nSPS) is 10.7. The van der Waals surface area contributed by atoms with Gasteiger partial charge in [0.15, 0.2) is 0 Å². The van der Waals surface area contributed by atoms with Crippen LogP contribution in [0.1, 0.15) is 5.56 Å². The van der Waals surface area contributed by atoms with Crippen molar-refractivity contribution in [3.8, 4) is 16.9 Å². The Kier molecular flexibility index (Phi) is 4.83. The van der Waals surface area contributed by atoms with E-state index in [0.29, 0.717) is 10.9 Å². The number of aromatic nitrogens is 2. The molecule has 6 heteroatoms. The maximum atomic E-state index is 5.59. The number of para-hydroxylation sites is 1. The highest BCUT2D eigenvalue weighted by atomic mass is 79.9. The molecule has 0 aliphatic rings. The van der Waals surface area contributed by atoms with E-state index in [-0.39, 0.29) is 0 Å². The standard InChI is InChI=1S/C17H15BrN4S/c18-14-6-4-5-12(9-14)16-13(11-23-17(19)20)10-22(21-16)15-7-2-1-3-8-15/h1-10H,11H2,(H3,19,20)/p+1. The van der Waals surface area contributed by atoms with Gasteiger partial charge in [0, 0.05) is 27.5 Å². The van der Waals surface area contributed by atoms with E-state index in [0.717, 1.165) is 27.0 Å². The predicted octanol–water partition coefficient (Wildman–Crippen LogP) is 2.61. The largest absolute Gasteiger partial charge is 0.300 e. The minimum atomic E-state index is 0.359. The number of halogens is 1. The smallest absolute Gasteiger partial charge is 0.282 e. The number of nitrogens with zero attached hydrogens (tertiary/aromatic N) is 2. The van der Waals surface area contributed by atoms with Crippen molar-refractivity contribution in [1.82, 2.24) is 9.78 Å². The van der Waals surface area contributed by atoms with Gasteiger partial charge in [-0.25, -0.2) is 4.68 Å². The Morgan fingerprint density at radius 2 is 1.96 bits per heavy atom. The van der Waals surface area contributed by atoms with Crippen LogP contribution in [0.15, 0.2) is 65.3 Å². The van der Waals surface area contributed by atoms with Gasteiger partial charge < -0.3 is 0 Å². The fourth-order valence-corrected chi connectivity index (χ4v) is 3.20. The number of hydrogen-bond donors (Lipinski definition) is 2. The average molecular weight is 388 g/mol. The summed E-state index contributed by atoms with van der Waals surface area (Å²) in [5, 5.41) is 10.7. The molecule has 0 aliphatic carbocycles. The second kappa shape index (κ2) is 7.02. The fraction of sp³-hybridized carbons (Fsp3) is 0.0588. The van der Waals surface area contributed by atoms with Crippen LogP contribution in [0.3, 0.4) is 0 Å². The van der Waals surface area contributed by atoms with Crippen LogP contribution in [0.2, 0.25) is 0 Å². The van der Waals surface area contributed by atoms with Crippen molar-refractivity contribution >= 4 is 32.9 Å². The van der Waals surface area contributed by atoms with Gasteiger partial charge in [0.2, 0.25) is 0 Å². The summed E-state index contributed by atoms with van der Waals surface area (Å²) in [5.74, 6) is 0.678. The Morgan fingerprint density at radius 1 is 1.17 bits per heavy atom. The summed E-state index contributed by atoms with van der Waals surface area (Å²) in [6, 6.07) is 18.1. The van der Waals surface area contributed by atoms with Crippen LogP contribution in [0.25, 0.3) is 16.9 Å². The molecule has 0 bridgehead atoms. The maximum absolute atomic E-state index is 5.59. The van der Waals surface area contributed by atoms with Crippen LogP contribution in [-0.4, -0.2) is 14.9 Å². The van der Waals surface area contributed by atoms with E-state index < -0.39 is 0 Å². The molecule has 116 valence electrons. The molecule has 0 radical (unpaired) electrons. The molecular formula is C17H16BrN4S+. The van der Waals surface area contributed by atoms with Gasteiger partial charge in [0.25, 0.3) is 5.17 Å². The summed E-state index contributed by atoms with van der Waals surface area (Å²) in [6.45, 7) is 0. The Bertz CT molecular complexity index is 830. The Hall–Kier alpha value is -2.05. The van der Waals surface area contributed by atoms with Crippen LogP contribution in [-0.2, 0) is 5.75 Å². The van der Waals surface area contributed by atoms with Crippen LogP contribution in [0, 0.1) is 0 Å². The number of rotatable bonds is 4. The van der Waals surface area contributed by atoms with Gasteiger partial charge in [-0.2, -0.15) is 5.10 Å². The highest BCUT2D eigenvalue weighted by Crippen LogP contribution is 2.28. The first-order valence-corrected chi connectivity index (χ1v) is 8.82. The van der Waals surface area contributed by atoms with E-state index in [2.05, 4.69) is 22.0 Å². The molecule has 4 N–H and O–H groups in total. The van der Waals surface area contributed by atoms with Crippen molar-refractivity contribution in [2.75, 3.05) is 0 Å². The molecule has 4 nitrogen and oxygen atoms in total. The van der Waals surface area contributed by atoms with E-state index in [1.807, 2.05) is 59.4 Å². The van der Waals surface area contributed by atoms with E-state index in [1.165, 1.54) is 11.8 Å². The number of benzene rings is 2. The summed E-state index contributed by atoms with van der Waals surface area (Å²) in [6.07, 6.45) is 2.03. The molecule has 0 fully saturated rings. The zero-order valence-corrected chi connectivity index (χ0v) is 14.7. The van der Waals surface area contributed by atoms with Crippen molar-refractivity contribution in [2.45, 2.75) is 5.75 Å². The third kappa shape index (κ3) is 3.83. The Balaban J connectivity index is 2.05. The SMILES string of the molecule is NC(=[NH2+])SCc1cn(-c2ccccc2)nc1-c1cccc(Br)c1. The van der Waals surface area contributed by atoms with Gasteiger partial charge in [0.1, 0.15) is 0 Å². The van der Waals surface area contributed by atoms with Crippen molar-refractivity contribution in [3.05, 3.63) is 70.8 Å². The Morgan fingerprint density at radius 3 is 2.65 bits per heavy atom. The lowest BCUT2D eigenvalue weighted by Gasteiger charge is -2.02. The molecule has 23 heavy (non-hydrogen) atoms. The van der Waals surface area contributed by atoms with Gasteiger partial charge in [-0.15, -0.1) is 0 Å². The number of amidine groups is 1. The molecule has 1 heterocycles. The highest BCUT2D eigenvalue weighted by molar-refractivity contribution is 9.10. The van der Waals surface area contributed by atoms with Gasteiger partial charge in [-0.3, -0.25) is 11.1 Å². The number of nitrogens with two attached hydrogens (primary N) is 2. The summed E-state index contributed by atoms with van der Waals surface area (Å²) < 4.78 is 2.91. The molecule has 0 amide bonds. The minimum absolute atomic E-state index is 0.359. The second-order valence-electron chi connectivity index (χ2n) is 4.98. The molecule has 3 rings (SSSR count). The molecule has 3 aromatic rings. The van der Waals surface area contributed by atoms with E-state index in [4.69, 9.17) is 16.2 Å². The van der Waals surface area contributed by atoms with Crippen molar-refractivity contribution in [1.29, 1.82) is 0 Å². The summed E-state index contributed by atoms with van der Waals surface area (Å²) in [7, 11) is 0. The lowest BCUT2D eigenvalue weighted by atomic mass is 10.1. The zero-order valence-electron chi connectivity index (χ0n) is 12.3. The molecule has 0 atom stereocenters.